The van der Waals surface area contributed by atoms with Crippen LogP contribution in [0.5, 0.6) is 0 Å². The molecule has 2 N–H and O–H groups in total. The number of nitrogen functional groups attached to an aromatic ring is 1. The van der Waals surface area contributed by atoms with Crippen LogP contribution in [0.15, 0.2) is 24.7 Å². The van der Waals surface area contributed by atoms with Crippen molar-refractivity contribution in [1.82, 2.24) is 19.3 Å². The van der Waals surface area contributed by atoms with E-state index < -0.39 is 0 Å². The van der Waals surface area contributed by atoms with E-state index in [2.05, 4.69) is 10.1 Å². The Bertz CT molecular complexity index is 362. The normalized spacial score (nSPS) is 10.5. The summed E-state index contributed by atoms with van der Waals surface area (Å²) in [5.41, 5.74) is 6.73. The van der Waals surface area contributed by atoms with Crippen molar-refractivity contribution in [2.24, 2.45) is 7.05 Å². The van der Waals surface area contributed by atoms with E-state index in [1.807, 2.05) is 28.6 Å². The summed E-state index contributed by atoms with van der Waals surface area (Å²) in [4.78, 5) is 3.94. The molecule has 0 aliphatic rings. The molecule has 13 heavy (non-hydrogen) atoms. The number of hydrogen-bond donors (Lipinski definition) is 1. The standard InChI is InChI=1S/C8H11N5/c1-12-7(2-3-11-12)6-13-5-4-10-8(13)9/h2-5H,6H2,1H3,(H2,9,10). The predicted molar refractivity (Wildman–Crippen MR) is 48.9 cm³/mol. The summed E-state index contributed by atoms with van der Waals surface area (Å²) in [5.74, 6) is 0.529. The van der Waals surface area contributed by atoms with Gasteiger partial charge in [0, 0.05) is 25.6 Å². The molecule has 5 nitrogen and oxygen atoms in total. The molecule has 0 unspecified atom stereocenters. The highest BCUT2D eigenvalue weighted by Crippen LogP contribution is 2.04. The van der Waals surface area contributed by atoms with Crippen molar-refractivity contribution in [3.05, 3.63) is 30.4 Å². The summed E-state index contributed by atoms with van der Waals surface area (Å²) in [5, 5.41) is 4.07. The summed E-state index contributed by atoms with van der Waals surface area (Å²) >= 11 is 0. The van der Waals surface area contributed by atoms with Crippen LogP contribution in [0.2, 0.25) is 0 Å². The van der Waals surface area contributed by atoms with Gasteiger partial charge in [-0.25, -0.2) is 4.98 Å². The third-order valence-corrected chi connectivity index (χ3v) is 2.00. The fraction of sp³-hybridized carbons (Fsp3) is 0.250. The Hall–Kier alpha value is -1.78. The molecule has 2 aromatic heterocycles. The zero-order chi connectivity index (χ0) is 9.26. The number of anilines is 1. The van der Waals surface area contributed by atoms with Gasteiger partial charge in [0.15, 0.2) is 5.95 Å². The molecule has 2 aromatic rings. The van der Waals surface area contributed by atoms with Gasteiger partial charge in [-0.1, -0.05) is 0 Å². The molecule has 5 heteroatoms. The molecule has 0 aliphatic heterocycles. The molecule has 68 valence electrons. The molecule has 0 bridgehead atoms. The second-order valence-electron chi connectivity index (χ2n) is 2.86. The minimum atomic E-state index is 0.529. The zero-order valence-electron chi connectivity index (χ0n) is 7.38. The average molecular weight is 177 g/mol. The van der Waals surface area contributed by atoms with Crippen molar-refractivity contribution in [3.63, 3.8) is 0 Å². The summed E-state index contributed by atoms with van der Waals surface area (Å²) in [7, 11) is 1.91. The SMILES string of the molecule is Cn1nccc1Cn1ccnc1N. The lowest BCUT2D eigenvalue weighted by Crippen LogP contribution is -2.07. The summed E-state index contributed by atoms with van der Waals surface area (Å²) in [6.45, 7) is 0.711. The quantitative estimate of drug-likeness (QED) is 0.715. The van der Waals surface area contributed by atoms with E-state index in [1.54, 1.807) is 12.4 Å². The van der Waals surface area contributed by atoms with Crippen molar-refractivity contribution in [1.29, 1.82) is 0 Å². The molecule has 2 heterocycles. The van der Waals surface area contributed by atoms with Crippen LogP contribution in [0, 0.1) is 0 Å². The lowest BCUT2D eigenvalue weighted by Gasteiger charge is -2.04. The molecule has 0 saturated heterocycles. The van der Waals surface area contributed by atoms with Crippen LogP contribution in [0.3, 0.4) is 0 Å². The number of nitrogens with zero attached hydrogens (tertiary/aromatic N) is 4. The first-order valence-corrected chi connectivity index (χ1v) is 4.01. The molecule has 0 saturated carbocycles. The number of imidazole rings is 1. The number of nitrogens with two attached hydrogens (primary N) is 1. The minimum Gasteiger partial charge on any atom is -0.369 e. The van der Waals surface area contributed by atoms with Crippen LogP contribution < -0.4 is 5.73 Å². The van der Waals surface area contributed by atoms with Crippen molar-refractivity contribution in [3.8, 4) is 0 Å². The van der Waals surface area contributed by atoms with Crippen LogP contribution in [-0.4, -0.2) is 19.3 Å². The molecule has 0 fully saturated rings. The minimum absolute atomic E-state index is 0.529. The fourth-order valence-electron chi connectivity index (χ4n) is 1.21. The van der Waals surface area contributed by atoms with Gasteiger partial charge in [0.1, 0.15) is 0 Å². The summed E-state index contributed by atoms with van der Waals surface area (Å²) < 4.78 is 3.69. The van der Waals surface area contributed by atoms with Crippen LogP contribution in [0.25, 0.3) is 0 Å². The van der Waals surface area contributed by atoms with Crippen LogP contribution in [0.1, 0.15) is 5.69 Å². The number of aromatic nitrogens is 4. The molecule has 0 spiro atoms. The highest BCUT2D eigenvalue weighted by molar-refractivity contribution is 5.18. The Morgan fingerprint density at radius 3 is 2.85 bits per heavy atom. The van der Waals surface area contributed by atoms with E-state index in [1.165, 1.54) is 0 Å². The third kappa shape index (κ3) is 1.40. The fourth-order valence-corrected chi connectivity index (χ4v) is 1.21. The highest BCUT2D eigenvalue weighted by atomic mass is 15.3. The van der Waals surface area contributed by atoms with Gasteiger partial charge in [-0.3, -0.25) is 4.68 Å². The van der Waals surface area contributed by atoms with Gasteiger partial charge in [0.05, 0.1) is 12.2 Å². The first kappa shape index (κ1) is 7.85. The van der Waals surface area contributed by atoms with Gasteiger partial charge in [-0.05, 0) is 6.07 Å². The Kier molecular flexibility index (Phi) is 1.77. The molecular weight excluding hydrogens is 166 g/mol. The zero-order valence-corrected chi connectivity index (χ0v) is 7.38. The van der Waals surface area contributed by atoms with E-state index in [0.717, 1.165) is 5.69 Å². The van der Waals surface area contributed by atoms with Gasteiger partial charge in [0.2, 0.25) is 0 Å². The van der Waals surface area contributed by atoms with E-state index in [-0.39, 0.29) is 0 Å². The van der Waals surface area contributed by atoms with Gasteiger partial charge < -0.3 is 10.3 Å². The second kappa shape index (κ2) is 2.93. The maximum absolute atomic E-state index is 5.63. The van der Waals surface area contributed by atoms with E-state index in [4.69, 9.17) is 5.73 Å². The van der Waals surface area contributed by atoms with Crippen LogP contribution in [-0.2, 0) is 13.6 Å². The second-order valence-corrected chi connectivity index (χ2v) is 2.86. The number of aryl methyl sites for hydroxylation is 1. The Morgan fingerprint density at radius 1 is 1.46 bits per heavy atom. The van der Waals surface area contributed by atoms with E-state index in [0.29, 0.717) is 12.5 Å². The molecular formula is C8H11N5. The Balaban J connectivity index is 2.24. The first-order chi connectivity index (χ1) is 6.27. The molecule has 2 rings (SSSR count). The van der Waals surface area contributed by atoms with Crippen LogP contribution >= 0.6 is 0 Å². The number of hydrogen-bond acceptors (Lipinski definition) is 3. The Morgan fingerprint density at radius 2 is 2.31 bits per heavy atom. The lowest BCUT2D eigenvalue weighted by molar-refractivity contribution is 0.670. The molecule has 0 aliphatic carbocycles. The monoisotopic (exact) mass is 177 g/mol. The summed E-state index contributed by atoms with van der Waals surface area (Å²) in [6, 6.07) is 1.96. The highest BCUT2D eigenvalue weighted by Gasteiger charge is 2.01. The lowest BCUT2D eigenvalue weighted by atomic mass is 10.4. The largest absolute Gasteiger partial charge is 0.369 e. The average Bonchev–Trinajstić information content (AvgIpc) is 2.65. The molecule has 0 atom stereocenters. The Labute approximate surface area is 75.8 Å². The smallest absolute Gasteiger partial charge is 0.200 e. The number of rotatable bonds is 2. The van der Waals surface area contributed by atoms with E-state index in [9.17, 15) is 0 Å². The van der Waals surface area contributed by atoms with Gasteiger partial charge in [-0.2, -0.15) is 5.10 Å². The van der Waals surface area contributed by atoms with Crippen molar-refractivity contribution in [2.75, 3.05) is 5.73 Å². The van der Waals surface area contributed by atoms with Gasteiger partial charge in [-0.15, -0.1) is 0 Å². The molecule has 0 aromatic carbocycles. The van der Waals surface area contributed by atoms with Crippen molar-refractivity contribution >= 4 is 5.95 Å². The van der Waals surface area contributed by atoms with Crippen LogP contribution in [0.4, 0.5) is 5.95 Å². The summed E-state index contributed by atoms with van der Waals surface area (Å²) in [6.07, 6.45) is 5.30. The maximum Gasteiger partial charge on any atom is 0.200 e. The first-order valence-electron chi connectivity index (χ1n) is 4.01. The van der Waals surface area contributed by atoms with E-state index >= 15 is 0 Å². The maximum atomic E-state index is 5.63. The molecule has 0 amide bonds. The topological polar surface area (TPSA) is 61.7 Å². The van der Waals surface area contributed by atoms with Crippen molar-refractivity contribution in [2.45, 2.75) is 6.54 Å². The third-order valence-electron chi connectivity index (χ3n) is 2.00. The predicted octanol–water partition coefficient (Wildman–Crippen LogP) is 0.247. The molecule has 0 radical (unpaired) electrons. The van der Waals surface area contributed by atoms with Crippen molar-refractivity contribution < 1.29 is 0 Å². The van der Waals surface area contributed by atoms with Gasteiger partial charge >= 0.3 is 0 Å². The van der Waals surface area contributed by atoms with Gasteiger partial charge in [0.25, 0.3) is 0 Å².